The molecule has 1 nitrogen and oxygen atoms in total. The van der Waals surface area contributed by atoms with E-state index >= 15 is 0 Å². The molecule has 3 aliphatic rings. The third-order valence-electron chi connectivity index (χ3n) is 3.63. The van der Waals surface area contributed by atoms with Crippen LogP contribution in [0.1, 0.15) is 45.4 Å². The minimum Gasteiger partial charge on any atom is -0.354 e. The highest BCUT2D eigenvalue weighted by molar-refractivity contribution is 8.18. The summed E-state index contributed by atoms with van der Waals surface area (Å²) in [6.45, 7) is 3.26. The molecule has 3 heterocycles. The third kappa shape index (κ3) is 3.16. The number of thioether (sulfide) groups is 2. The normalized spacial score (nSPS) is 35.8. The van der Waals surface area contributed by atoms with Crippen LogP contribution in [-0.2, 0) is 4.74 Å². The zero-order valence-electron chi connectivity index (χ0n) is 10.7. The highest BCUT2D eigenvalue weighted by atomic mass is 32.2. The largest absolute Gasteiger partial charge is 0.354 e. The lowest BCUT2D eigenvalue weighted by atomic mass is 9.88. The summed E-state index contributed by atoms with van der Waals surface area (Å²) in [7, 11) is 0. The van der Waals surface area contributed by atoms with Crippen molar-refractivity contribution in [2.45, 2.75) is 49.7 Å². The molecule has 3 aliphatic heterocycles. The molecule has 0 atom stereocenters. The van der Waals surface area contributed by atoms with Gasteiger partial charge in [0.15, 0.2) is 4.27 Å². The predicted octanol–water partition coefficient (Wildman–Crippen LogP) is 4.13. The van der Waals surface area contributed by atoms with Crippen molar-refractivity contribution in [3.8, 4) is 12.3 Å². The number of unbranched alkanes of at least 4 members (excludes halogenated alkanes) is 2. The summed E-state index contributed by atoms with van der Waals surface area (Å²) >= 11 is 4.09. The van der Waals surface area contributed by atoms with E-state index in [0.717, 1.165) is 25.9 Å². The second kappa shape index (κ2) is 5.91. The van der Waals surface area contributed by atoms with Crippen LogP contribution in [0.3, 0.4) is 0 Å². The van der Waals surface area contributed by atoms with Crippen LogP contribution in [0, 0.1) is 17.8 Å². The third-order valence-corrected chi connectivity index (χ3v) is 7.37. The Labute approximate surface area is 114 Å². The molecule has 0 aromatic heterocycles. The van der Waals surface area contributed by atoms with Gasteiger partial charge in [0.25, 0.3) is 0 Å². The van der Waals surface area contributed by atoms with Gasteiger partial charge in [0.05, 0.1) is 6.61 Å². The van der Waals surface area contributed by atoms with Crippen LogP contribution in [0.2, 0.25) is 0 Å². The number of terminal acetylenes is 1. The summed E-state index contributed by atoms with van der Waals surface area (Å²) in [4.78, 5) is 0. The van der Waals surface area contributed by atoms with Gasteiger partial charge in [0, 0.05) is 23.3 Å². The van der Waals surface area contributed by atoms with Crippen LogP contribution in [0.15, 0.2) is 0 Å². The molecule has 0 saturated carbocycles. The van der Waals surface area contributed by atoms with E-state index in [1.165, 1.54) is 30.8 Å². The molecular weight excluding hydrogens is 248 g/mol. The molecule has 17 heavy (non-hydrogen) atoms. The molecule has 3 fully saturated rings. The molecule has 0 spiro atoms. The molecule has 0 aromatic carbocycles. The molecule has 0 radical (unpaired) electrons. The first-order valence-electron chi connectivity index (χ1n) is 6.60. The minimum absolute atomic E-state index is 0.0735. The second-order valence-corrected chi connectivity index (χ2v) is 7.94. The Hall–Kier alpha value is 0.220. The standard InChI is InChI=1S/C14H22OS2/c1-3-5-6-7-9-14-15-10-13(8-4-2,11-16-14)12-17-14/h1H,4-12H2,2H3. The Morgan fingerprint density at radius 3 is 2.53 bits per heavy atom. The van der Waals surface area contributed by atoms with E-state index in [4.69, 9.17) is 11.2 Å². The summed E-state index contributed by atoms with van der Waals surface area (Å²) in [6, 6.07) is 0. The van der Waals surface area contributed by atoms with Crippen molar-refractivity contribution in [3.63, 3.8) is 0 Å². The van der Waals surface area contributed by atoms with E-state index in [2.05, 4.69) is 12.8 Å². The zero-order chi connectivity index (χ0) is 12.2. The fraction of sp³-hybridized carbons (Fsp3) is 0.857. The molecule has 0 unspecified atom stereocenters. The van der Waals surface area contributed by atoms with Crippen molar-refractivity contribution in [1.82, 2.24) is 0 Å². The Bertz CT molecular complexity index is 271. The summed E-state index contributed by atoms with van der Waals surface area (Å²) in [5.41, 5.74) is 0.477. The van der Waals surface area contributed by atoms with Crippen LogP contribution in [0.25, 0.3) is 0 Å². The Morgan fingerprint density at radius 2 is 2.00 bits per heavy atom. The maximum atomic E-state index is 6.17. The van der Waals surface area contributed by atoms with E-state index in [9.17, 15) is 0 Å². The molecule has 3 rings (SSSR count). The maximum absolute atomic E-state index is 6.17. The quantitative estimate of drug-likeness (QED) is 0.530. The molecule has 0 N–H and O–H groups in total. The molecule has 3 saturated heterocycles. The maximum Gasteiger partial charge on any atom is 0.160 e. The zero-order valence-corrected chi connectivity index (χ0v) is 12.3. The van der Waals surface area contributed by atoms with Crippen molar-refractivity contribution in [3.05, 3.63) is 0 Å². The van der Waals surface area contributed by atoms with Gasteiger partial charge < -0.3 is 4.74 Å². The summed E-state index contributed by atoms with van der Waals surface area (Å²) in [6.07, 6.45) is 12.3. The molecule has 96 valence electrons. The SMILES string of the molecule is C#CCCCCC12OCC(CCC)(CS1)CS2. The lowest BCUT2D eigenvalue weighted by molar-refractivity contribution is -0.0000170. The fourth-order valence-corrected chi connectivity index (χ4v) is 5.96. The van der Waals surface area contributed by atoms with Gasteiger partial charge in [0.1, 0.15) is 0 Å². The number of ether oxygens (including phenoxy) is 1. The number of rotatable bonds is 6. The highest BCUT2D eigenvalue weighted by Gasteiger charge is 2.50. The van der Waals surface area contributed by atoms with E-state index in [0.29, 0.717) is 5.41 Å². The lowest BCUT2D eigenvalue weighted by Gasteiger charge is -2.52. The monoisotopic (exact) mass is 270 g/mol. The Morgan fingerprint density at radius 1 is 1.24 bits per heavy atom. The van der Waals surface area contributed by atoms with Gasteiger partial charge in [-0.3, -0.25) is 0 Å². The average molecular weight is 270 g/mol. The second-order valence-electron chi connectivity index (χ2n) is 5.21. The fourth-order valence-electron chi connectivity index (χ4n) is 2.57. The van der Waals surface area contributed by atoms with E-state index < -0.39 is 0 Å². The van der Waals surface area contributed by atoms with Gasteiger partial charge in [0.2, 0.25) is 0 Å². The number of fused-ring (bicyclic) bond motifs is 3. The van der Waals surface area contributed by atoms with Gasteiger partial charge in [-0.25, -0.2) is 0 Å². The Balaban J connectivity index is 1.80. The van der Waals surface area contributed by atoms with Crippen molar-refractivity contribution in [2.24, 2.45) is 5.41 Å². The van der Waals surface area contributed by atoms with Crippen LogP contribution in [0.5, 0.6) is 0 Å². The summed E-state index contributed by atoms with van der Waals surface area (Å²) in [5.74, 6) is 5.30. The van der Waals surface area contributed by atoms with Crippen molar-refractivity contribution in [2.75, 3.05) is 18.1 Å². The van der Waals surface area contributed by atoms with E-state index in [1.807, 2.05) is 23.5 Å². The smallest absolute Gasteiger partial charge is 0.160 e. The topological polar surface area (TPSA) is 9.23 Å². The molecule has 3 heteroatoms. The van der Waals surface area contributed by atoms with Crippen LogP contribution in [0.4, 0.5) is 0 Å². The predicted molar refractivity (Wildman–Crippen MR) is 78.2 cm³/mol. The molecule has 0 aromatic rings. The molecule has 0 aliphatic carbocycles. The van der Waals surface area contributed by atoms with Crippen molar-refractivity contribution >= 4 is 23.5 Å². The van der Waals surface area contributed by atoms with Gasteiger partial charge in [-0.05, 0) is 25.7 Å². The van der Waals surface area contributed by atoms with Gasteiger partial charge in [-0.15, -0.1) is 35.9 Å². The van der Waals surface area contributed by atoms with Gasteiger partial charge in [-0.1, -0.05) is 13.3 Å². The lowest BCUT2D eigenvalue weighted by Crippen LogP contribution is -2.49. The van der Waals surface area contributed by atoms with Crippen LogP contribution in [-0.4, -0.2) is 22.4 Å². The van der Waals surface area contributed by atoms with Crippen LogP contribution >= 0.6 is 23.5 Å². The van der Waals surface area contributed by atoms with Crippen LogP contribution < -0.4 is 0 Å². The minimum atomic E-state index is 0.0735. The first kappa shape index (κ1) is 13.6. The van der Waals surface area contributed by atoms with Crippen molar-refractivity contribution < 1.29 is 4.74 Å². The number of hydrogen-bond donors (Lipinski definition) is 0. The first-order chi connectivity index (χ1) is 8.24. The summed E-state index contributed by atoms with van der Waals surface area (Å²) < 4.78 is 6.25. The summed E-state index contributed by atoms with van der Waals surface area (Å²) in [5, 5.41) is 0. The Kier molecular flexibility index (Phi) is 4.74. The van der Waals surface area contributed by atoms with E-state index in [1.54, 1.807) is 0 Å². The van der Waals surface area contributed by atoms with Gasteiger partial charge >= 0.3 is 0 Å². The molecular formula is C14H22OS2. The number of hydrogen-bond acceptors (Lipinski definition) is 3. The molecule has 2 bridgehead atoms. The van der Waals surface area contributed by atoms with E-state index in [-0.39, 0.29) is 4.27 Å². The highest BCUT2D eigenvalue weighted by Crippen LogP contribution is 2.58. The van der Waals surface area contributed by atoms with Gasteiger partial charge in [-0.2, -0.15) is 0 Å². The average Bonchev–Trinajstić information content (AvgIpc) is 2.38. The molecule has 0 amide bonds. The first-order valence-corrected chi connectivity index (χ1v) is 8.57. The van der Waals surface area contributed by atoms with Crippen molar-refractivity contribution in [1.29, 1.82) is 0 Å².